The van der Waals surface area contributed by atoms with E-state index in [2.05, 4.69) is 5.10 Å². The van der Waals surface area contributed by atoms with E-state index >= 15 is 0 Å². The molecule has 1 aromatic carbocycles. The lowest BCUT2D eigenvalue weighted by Gasteiger charge is -2.35. The minimum Gasteiger partial charge on any atom is -0.336 e. The molecule has 8 nitrogen and oxygen atoms in total. The fourth-order valence-corrected chi connectivity index (χ4v) is 4.37. The van der Waals surface area contributed by atoms with Gasteiger partial charge in [-0.25, -0.2) is 4.68 Å². The van der Waals surface area contributed by atoms with Crippen LogP contribution in [0.25, 0.3) is 5.69 Å². The van der Waals surface area contributed by atoms with E-state index < -0.39 is 10.2 Å². The van der Waals surface area contributed by atoms with Crippen molar-refractivity contribution in [1.29, 1.82) is 0 Å². The summed E-state index contributed by atoms with van der Waals surface area (Å²) in [6, 6.07) is 9.68. The number of piperazine rings is 1. The van der Waals surface area contributed by atoms with Gasteiger partial charge in [-0.05, 0) is 26.0 Å². The van der Waals surface area contributed by atoms with Gasteiger partial charge in [0.05, 0.1) is 22.6 Å². The van der Waals surface area contributed by atoms with E-state index in [9.17, 15) is 13.2 Å². The second-order valence-electron chi connectivity index (χ2n) is 6.77. The summed E-state index contributed by atoms with van der Waals surface area (Å²) in [7, 11) is -0.427. The Morgan fingerprint density at radius 2 is 1.63 bits per heavy atom. The predicted octanol–water partition coefficient (Wildman–Crippen LogP) is 1.05. The lowest BCUT2D eigenvalue weighted by Crippen LogP contribution is -2.53. The number of carbonyl (C=O) groups is 1. The molecule has 0 atom stereocenters. The fraction of sp³-hybridized carbons (Fsp3) is 0.444. The van der Waals surface area contributed by atoms with Crippen molar-refractivity contribution in [2.24, 2.45) is 0 Å². The molecule has 1 amide bonds. The molecule has 0 aliphatic carbocycles. The second-order valence-corrected chi connectivity index (χ2v) is 8.92. The molecular weight excluding hydrogens is 366 g/mol. The third-order valence-corrected chi connectivity index (χ3v) is 6.76. The number of carbonyl (C=O) groups excluding carboxylic acids is 1. The summed E-state index contributed by atoms with van der Waals surface area (Å²) in [5.74, 6) is -0.103. The van der Waals surface area contributed by atoms with Gasteiger partial charge in [-0.3, -0.25) is 4.79 Å². The van der Waals surface area contributed by atoms with Gasteiger partial charge in [0.15, 0.2) is 0 Å². The summed E-state index contributed by atoms with van der Waals surface area (Å²) in [5, 5.41) is 4.53. The molecule has 1 saturated heterocycles. The largest absolute Gasteiger partial charge is 0.336 e. The van der Waals surface area contributed by atoms with Crippen LogP contribution in [0, 0.1) is 13.8 Å². The molecule has 0 unspecified atom stereocenters. The highest BCUT2D eigenvalue weighted by Crippen LogP contribution is 2.21. The van der Waals surface area contributed by atoms with Crippen LogP contribution in [0.1, 0.15) is 21.7 Å². The van der Waals surface area contributed by atoms with Crippen LogP contribution in [0.2, 0.25) is 0 Å². The van der Waals surface area contributed by atoms with Crippen molar-refractivity contribution in [3.05, 3.63) is 47.3 Å². The average Bonchev–Trinajstić information content (AvgIpc) is 2.96. The van der Waals surface area contributed by atoms with Crippen LogP contribution < -0.4 is 0 Å². The molecule has 0 radical (unpaired) electrons. The maximum absolute atomic E-state index is 13.1. The molecule has 0 spiro atoms. The first-order chi connectivity index (χ1) is 12.7. The van der Waals surface area contributed by atoms with E-state index in [0.29, 0.717) is 24.3 Å². The van der Waals surface area contributed by atoms with Crippen molar-refractivity contribution in [1.82, 2.24) is 23.3 Å². The summed E-state index contributed by atoms with van der Waals surface area (Å²) >= 11 is 0. The first kappa shape index (κ1) is 19.5. The van der Waals surface area contributed by atoms with Crippen LogP contribution in [0.4, 0.5) is 0 Å². The second kappa shape index (κ2) is 7.41. The maximum atomic E-state index is 13.1. The monoisotopic (exact) mass is 391 g/mol. The minimum absolute atomic E-state index is 0.103. The Labute approximate surface area is 160 Å². The first-order valence-electron chi connectivity index (χ1n) is 8.82. The SMILES string of the molecule is Cc1nn(-c2ccccc2)c(C)c1C(=O)N1CCN(S(=O)(=O)N(C)C)CC1. The number of hydrogen-bond acceptors (Lipinski definition) is 4. The number of hydrogen-bond donors (Lipinski definition) is 0. The summed E-state index contributed by atoms with van der Waals surface area (Å²) in [6.07, 6.45) is 0. The third-order valence-electron chi connectivity index (χ3n) is 4.82. The normalized spacial score (nSPS) is 16.1. The Balaban J connectivity index is 1.79. The Hall–Kier alpha value is -2.23. The molecule has 27 heavy (non-hydrogen) atoms. The highest BCUT2D eigenvalue weighted by Gasteiger charge is 2.32. The standard InChI is InChI=1S/C18H25N5O3S/c1-14-17(15(2)23(19-14)16-8-6-5-7-9-16)18(24)21-10-12-22(13-11-21)27(25,26)20(3)4/h5-9H,10-13H2,1-4H3. The molecule has 2 heterocycles. The molecule has 2 aromatic rings. The average molecular weight is 391 g/mol. The Morgan fingerprint density at radius 1 is 1.04 bits per heavy atom. The van der Waals surface area contributed by atoms with Gasteiger partial charge in [0.2, 0.25) is 0 Å². The van der Waals surface area contributed by atoms with Gasteiger partial charge in [0, 0.05) is 40.3 Å². The third kappa shape index (κ3) is 3.62. The zero-order chi connectivity index (χ0) is 19.8. The van der Waals surface area contributed by atoms with E-state index in [1.54, 1.807) is 9.58 Å². The number of amides is 1. The Morgan fingerprint density at radius 3 is 2.19 bits per heavy atom. The van der Waals surface area contributed by atoms with Crippen molar-refractivity contribution in [3.8, 4) is 5.69 Å². The van der Waals surface area contributed by atoms with E-state index in [1.165, 1.54) is 22.7 Å². The number of aromatic nitrogens is 2. The summed E-state index contributed by atoms with van der Waals surface area (Å²) in [5.41, 5.74) is 2.94. The van der Waals surface area contributed by atoms with Crippen molar-refractivity contribution in [3.63, 3.8) is 0 Å². The Kier molecular flexibility index (Phi) is 5.36. The summed E-state index contributed by atoms with van der Waals surface area (Å²) in [6.45, 7) is 5.01. The number of nitrogens with zero attached hydrogens (tertiary/aromatic N) is 5. The van der Waals surface area contributed by atoms with Crippen molar-refractivity contribution in [2.45, 2.75) is 13.8 Å². The zero-order valence-corrected chi connectivity index (χ0v) is 16.9. The van der Waals surface area contributed by atoms with Gasteiger partial charge < -0.3 is 4.90 Å². The molecule has 1 fully saturated rings. The summed E-state index contributed by atoms with van der Waals surface area (Å²) in [4.78, 5) is 14.8. The number of rotatable bonds is 4. The Bertz CT molecular complexity index is 929. The molecular formula is C18H25N5O3S. The van der Waals surface area contributed by atoms with Crippen molar-refractivity contribution in [2.75, 3.05) is 40.3 Å². The predicted molar refractivity (Wildman–Crippen MR) is 103 cm³/mol. The first-order valence-corrected chi connectivity index (χ1v) is 10.2. The van der Waals surface area contributed by atoms with Gasteiger partial charge >= 0.3 is 0 Å². The van der Waals surface area contributed by atoms with Gasteiger partial charge in [0.25, 0.3) is 16.1 Å². The molecule has 1 aliphatic rings. The maximum Gasteiger partial charge on any atom is 0.281 e. The molecule has 1 aromatic heterocycles. The van der Waals surface area contributed by atoms with Gasteiger partial charge in [-0.1, -0.05) is 18.2 Å². The van der Waals surface area contributed by atoms with E-state index in [0.717, 1.165) is 11.4 Å². The molecule has 9 heteroatoms. The summed E-state index contributed by atoms with van der Waals surface area (Å²) < 4.78 is 28.8. The number of benzene rings is 1. The molecule has 1 aliphatic heterocycles. The molecule has 0 saturated carbocycles. The van der Waals surface area contributed by atoms with Crippen LogP contribution in [-0.4, -0.2) is 77.9 Å². The van der Waals surface area contributed by atoms with E-state index in [-0.39, 0.29) is 19.0 Å². The van der Waals surface area contributed by atoms with Crippen LogP contribution in [0.3, 0.4) is 0 Å². The zero-order valence-electron chi connectivity index (χ0n) is 16.1. The molecule has 146 valence electrons. The molecule has 0 bridgehead atoms. The van der Waals surface area contributed by atoms with E-state index in [4.69, 9.17) is 0 Å². The molecule has 0 N–H and O–H groups in total. The van der Waals surface area contributed by atoms with Crippen LogP contribution in [0.5, 0.6) is 0 Å². The topological polar surface area (TPSA) is 78.8 Å². The highest BCUT2D eigenvalue weighted by atomic mass is 32.2. The van der Waals surface area contributed by atoms with Crippen molar-refractivity contribution < 1.29 is 13.2 Å². The van der Waals surface area contributed by atoms with E-state index in [1.807, 2.05) is 44.2 Å². The van der Waals surface area contributed by atoms with Crippen molar-refractivity contribution >= 4 is 16.1 Å². The molecule has 3 rings (SSSR count). The lowest BCUT2D eigenvalue weighted by atomic mass is 10.1. The van der Waals surface area contributed by atoms with Crippen LogP contribution in [-0.2, 0) is 10.2 Å². The smallest absolute Gasteiger partial charge is 0.281 e. The number of para-hydroxylation sites is 1. The van der Waals surface area contributed by atoms with Crippen LogP contribution in [0.15, 0.2) is 30.3 Å². The minimum atomic E-state index is -3.45. The van der Waals surface area contributed by atoms with Gasteiger partial charge in [-0.15, -0.1) is 0 Å². The fourth-order valence-electron chi connectivity index (χ4n) is 3.28. The number of aryl methyl sites for hydroxylation is 1. The van der Waals surface area contributed by atoms with Gasteiger partial charge in [0.1, 0.15) is 0 Å². The van der Waals surface area contributed by atoms with Crippen LogP contribution >= 0.6 is 0 Å². The quantitative estimate of drug-likeness (QED) is 0.781. The highest BCUT2D eigenvalue weighted by molar-refractivity contribution is 7.86. The lowest BCUT2D eigenvalue weighted by molar-refractivity contribution is 0.0693. The van der Waals surface area contributed by atoms with Gasteiger partial charge in [-0.2, -0.15) is 22.1 Å².